The average Bonchev–Trinajstić information content (AvgIpc) is 2.16. The molecule has 0 unspecified atom stereocenters. The molecule has 0 saturated heterocycles. The Morgan fingerprint density at radius 3 is 3.17 bits per heavy atom. The minimum atomic E-state index is 0.316. The van der Waals surface area contributed by atoms with Gasteiger partial charge in [-0.2, -0.15) is 5.26 Å². The smallest absolute Gasteiger partial charge is 0.122 e. The summed E-state index contributed by atoms with van der Waals surface area (Å²) >= 11 is 0. The molecule has 2 heteroatoms. The van der Waals surface area contributed by atoms with Gasteiger partial charge in [-0.05, 0) is 12.5 Å². The van der Waals surface area contributed by atoms with Crippen LogP contribution in [0.4, 0.5) is 0 Å². The molecule has 0 aromatic heterocycles. The molecular formula is C10H11NO. The number of nitrogens with zero attached hydrogens (tertiary/aromatic N) is 1. The summed E-state index contributed by atoms with van der Waals surface area (Å²) in [6.07, 6.45) is 7.92. The number of ether oxygens (including phenoxy) is 1. The van der Waals surface area contributed by atoms with Crippen LogP contribution >= 0.6 is 0 Å². The molecule has 0 heterocycles. The van der Waals surface area contributed by atoms with E-state index in [-0.39, 0.29) is 0 Å². The van der Waals surface area contributed by atoms with Crippen molar-refractivity contribution in [1.29, 1.82) is 5.26 Å². The molecule has 0 amide bonds. The van der Waals surface area contributed by atoms with Crippen LogP contribution in [0.3, 0.4) is 0 Å². The Bertz CT molecular complexity index is 268. The van der Waals surface area contributed by atoms with Crippen molar-refractivity contribution in [1.82, 2.24) is 0 Å². The molecule has 0 aromatic rings. The number of allylic oxidation sites excluding steroid dienone is 4. The number of nitriles is 1. The van der Waals surface area contributed by atoms with Gasteiger partial charge in [0, 0.05) is 6.42 Å². The Morgan fingerprint density at radius 1 is 1.75 bits per heavy atom. The van der Waals surface area contributed by atoms with Crippen LogP contribution in [-0.4, -0.2) is 6.61 Å². The fraction of sp³-hybridized carbons (Fsp3) is 0.300. The molecule has 0 spiro atoms. The summed E-state index contributed by atoms with van der Waals surface area (Å²) in [5.74, 6) is 0.939. The van der Waals surface area contributed by atoms with E-state index in [1.54, 1.807) is 0 Å². The molecule has 0 fully saturated rings. The average molecular weight is 161 g/mol. The van der Waals surface area contributed by atoms with Crippen LogP contribution in [-0.2, 0) is 4.74 Å². The SMILES string of the molecule is C=C(C#N)COC1=CC=CCC1. The van der Waals surface area contributed by atoms with Gasteiger partial charge in [-0.25, -0.2) is 0 Å². The second-order valence-electron chi connectivity index (χ2n) is 2.60. The highest BCUT2D eigenvalue weighted by Crippen LogP contribution is 2.13. The molecule has 0 aliphatic heterocycles. The van der Waals surface area contributed by atoms with Gasteiger partial charge in [-0.3, -0.25) is 0 Å². The van der Waals surface area contributed by atoms with Crippen molar-refractivity contribution in [2.75, 3.05) is 6.61 Å². The zero-order valence-corrected chi connectivity index (χ0v) is 6.92. The van der Waals surface area contributed by atoms with Gasteiger partial charge >= 0.3 is 0 Å². The van der Waals surface area contributed by atoms with E-state index in [9.17, 15) is 0 Å². The summed E-state index contributed by atoms with van der Waals surface area (Å²) < 4.78 is 5.32. The first-order valence-corrected chi connectivity index (χ1v) is 3.89. The Kier molecular flexibility index (Phi) is 3.16. The van der Waals surface area contributed by atoms with Gasteiger partial charge in [-0.1, -0.05) is 18.7 Å². The quantitative estimate of drug-likeness (QED) is 0.595. The van der Waals surface area contributed by atoms with Gasteiger partial charge in [0.25, 0.3) is 0 Å². The maximum absolute atomic E-state index is 8.40. The zero-order valence-electron chi connectivity index (χ0n) is 6.92. The van der Waals surface area contributed by atoms with E-state index in [4.69, 9.17) is 10.00 Å². The van der Waals surface area contributed by atoms with Crippen molar-refractivity contribution in [3.8, 4) is 6.07 Å². The van der Waals surface area contributed by atoms with E-state index in [0.29, 0.717) is 12.2 Å². The highest BCUT2D eigenvalue weighted by atomic mass is 16.5. The van der Waals surface area contributed by atoms with Crippen LogP contribution in [0.1, 0.15) is 12.8 Å². The first-order valence-electron chi connectivity index (χ1n) is 3.89. The molecular weight excluding hydrogens is 150 g/mol. The topological polar surface area (TPSA) is 33.0 Å². The molecule has 0 N–H and O–H groups in total. The van der Waals surface area contributed by atoms with Crippen molar-refractivity contribution >= 4 is 0 Å². The third kappa shape index (κ3) is 2.63. The molecule has 12 heavy (non-hydrogen) atoms. The van der Waals surface area contributed by atoms with Crippen molar-refractivity contribution in [2.24, 2.45) is 0 Å². The molecule has 0 atom stereocenters. The molecule has 62 valence electrons. The van der Waals surface area contributed by atoms with E-state index >= 15 is 0 Å². The van der Waals surface area contributed by atoms with Crippen LogP contribution in [0.25, 0.3) is 0 Å². The third-order valence-corrected chi connectivity index (χ3v) is 1.57. The minimum absolute atomic E-state index is 0.316. The molecule has 0 bridgehead atoms. The molecule has 0 radical (unpaired) electrons. The third-order valence-electron chi connectivity index (χ3n) is 1.57. The van der Waals surface area contributed by atoms with Crippen LogP contribution < -0.4 is 0 Å². The van der Waals surface area contributed by atoms with Crippen molar-refractivity contribution in [3.63, 3.8) is 0 Å². The van der Waals surface area contributed by atoms with Crippen molar-refractivity contribution < 1.29 is 4.74 Å². The van der Waals surface area contributed by atoms with Crippen LogP contribution in [0.15, 0.2) is 36.1 Å². The lowest BCUT2D eigenvalue weighted by atomic mass is 10.2. The summed E-state index contributed by atoms with van der Waals surface area (Å²) in [4.78, 5) is 0. The van der Waals surface area contributed by atoms with Crippen LogP contribution in [0.5, 0.6) is 0 Å². The molecule has 1 aliphatic carbocycles. The number of rotatable bonds is 3. The summed E-state index contributed by atoms with van der Waals surface area (Å²) in [5, 5.41) is 8.40. The second kappa shape index (κ2) is 4.40. The maximum Gasteiger partial charge on any atom is 0.122 e. The van der Waals surface area contributed by atoms with Gasteiger partial charge in [0.05, 0.1) is 17.4 Å². The lowest BCUT2D eigenvalue weighted by Gasteiger charge is -2.09. The van der Waals surface area contributed by atoms with E-state index < -0.39 is 0 Å². The summed E-state index contributed by atoms with van der Waals surface area (Å²) in [7, 11) is 0. The Labute approximate surface area is 72.5 Å². The molecule has 0 aromatic carbocycles. The standard InChI is InChI=1S/C10H11NO/c1-9(7-11)8-12-10-5-3-2-4-6-10/h2-3,5H,1,4,6,8H2. The Hall–Kier alpha value is -1.49. The highest BCUT2D eigenvalue weighted by molar-refractivity contribution is 5.18. The largest absolute Gasteiger partial charge is 0.493 e. The second-order valence-corrected chi connectivity index (χ2v) is 2.60. The van der Waals surface area contributed by atoms with E-state index in [1.165, 1.54) is 0 Å². The predicted molar refractivity (Wildman–Crippen MR) is 47.2 cm³/mol. The van der Waals surface area contributed by atoms with Gasteiger partial charge in [0.1, 0.15) is 6.61 Å². The van der Waals surface area contributed by atoms with E-state index in [2.05, 4.69) is 12.7 Å². The van der Waals surface area contributed by atoms with Gasteiger partial charge < -0.3 is 4.74 Å². The first kappa shape index (κ1) is 8.61. The summed E-state index contributed by atoms with van der Waals surface area (Å²) in [6, 6.07) is 1.94. The lowest BCUT2D eigenvalue weighted by molar-refractivity contribution is 0.231. The van der Waals surface area contributed by atoms with E-state index in [1.807, 2.05) is 18.2 Å². The molecule has 1 rings (SSSR count). The Morgan fingerprint density at radius 2 is 2.58 bits per heavy atom. The van der Waals surface area contributed by atoms with Gasteiger partial charge in [0.2, 0.25) is 0 Å². The van der Waals surface area contributed by atoms with Gasteiger partial charge in [-0.15, -0.1) is 0 Å². The van der Waals surface area contributed by atoms with Crippen LogP contribution in [0.2, 0.25) is 0 Å². The van der Waals surface area contributed by atoms with E-state index in [0.717, 1.165) is 18.6 Å². The molecule has 1 aliphatic rings. The molecule has 0 saturated carbocycles. The number of hydrogen-bond donors (Lipinski definition) is 0. The van der Waals surface area contributed by atoms with Crippen molar-refractivity contribution in [2.45, 2.75) is 12.8 Å². The zero-order chi connectivity index (χ0) is 8.81. The highest BCUT2D eigenvalue weighted by Gasteiger charge is 2.00. The Balaban J connectivity index is 2.33. The van der Waals surface area contributed by atoms with Crippen LogP contribution in [0, 0.1) is 11.3 Å². The number of hydrogen-bond acceptors (Lipinski definition) is 2. The monoisotopic (exact) mass is 161 g/mol. The molecule has 2 nitrogen and oxygen atoms in total. The summed E-state index contributed by atoms with van der Waals surface area (Å²) in [6.45, 7) is 3.84. The first-order chi connectivity index (χ1) is 5.83. The van der Waals surface area contributed by atoms with Gasteiger partial charge in [0.15, 0.2) is 0 Å². The van der Waals surface area contributed by atoms with Crippen molar-refractivity contribution in [3.05, 3.63) is 36.1 Å². The fourth-order valence-corrected chi connectivity index (χ4v) is 0.913. The maximum atomic E-state index is 8.40. The minimum Gasteiger partial charge on any atom is -0.493 e. The lowest BCUT2D eigenvalue weighted by Crippen LogP contribution is -1.97. The predicted octanol–water partition coefficient (Wildman–Crippen LogP) is 2.32. The fourth-order valence-electron chi connectivity index (χ4n) is 0.913. The normalized spacial score (nSPS) is 14.8. The summed E-state index contributed by atoms with van der Waals surface area (Å²) in [5.41, 5.74) is 0.463.